The van der Waals surface area contributed by atoms with Crippen LogP contribution in [0.2, 0.25) is 0 Å². The predicted octanol–water partition coefficient (Wildman–Crippen LogP) is 8.58. The number of halogens is 10. The molecule has 0 bridgehead atoms. The van der Waals surface area contributed by atoms with Gasteiger partial charge in [-0.25, -0.2) is 0 Å². The number of carbonyl (C=O) groups is 2. The first kappa shape index (κ1) is 39.2. The SMILES string of the molecule is CCCCCN(CCCCC)C(=O)C(F)(F)C(F)(F)C(F)(F)C(F)(F)C(F)(F)C(=O)N(CCCCC)CCCCC. The maximum atomic E-state index is 14.8. The van der Waals surface area contributed by atoms with E-state index in [4.69, 9.17) is 0 Å². The summed E-state index contributed by atoms with van der Waals surface area (Å²) in [6, 6.07) is 0. The molecular weight excluding hydrogens is 574 g/mol. The van der Waals surface area contributed by atoms with Gasteiger partial charge in [0.25, 0.3) is 11.8 Å². The standard InChI is InChI=1S/C27H44F10N2O2/c1-5-9-13-17-38(18-14-10-6-2)21(40)23(28,29)25(32,33)27(36,37)26(34,35)24(30,31)22(41)39(19-15-11-7-3)20-16-12-8-4/h5-20H2,1-4H3. The molecule has 0 fully saturated rings. The zero-order chi connectivity index (χ0) is 32.1. The van der Waals surface area contributed by atoms with E-state index in [9.17, 15) is 53.5 Å². The fraction of sp³-hybridized carbons (Fsp3) is 0.926. The largest absolute Gasteiger partial charge is 0.392 e. The van der Waals surface area contributed by atoms with E-state index in [1.54, 1.807) is 27.7 Å². The summed E-state index contributed by atoms with van der Waals surface area (Å²) in [5.74, 6) is -40.8. The van der Waals surface area contributed by atoms with E-state index in [1.807, 2.05) is 0 Å². The summed E-state index contributed by atoms with van der Waals surface area (Å²) < 4.78 is 147. The highest BCUT2D eigenvalue weighted by Gasteiger charge is 2.89. The van der Waals surface area contributed by atoms with E-state index in [-0.39, 0.29) is 35.5 Å². The molecule has 0 aliphatic carbocycles. The lowest BCUT2D eigenvalue weighted by molar-refractivity contribution is -0.389. The minimum atomic E-state index is -7.49. The Morgan fingerprint density at radius 1 is 0.415 bits per heavy atom. The summed E-state index contributed by atoms with van der Waals surface area (Å²) in [5.41, 5.74) is 0. The highest BCUT2D eigenvalue weighted by atomic mass is 19.4. The molecule has 4 nitrogen and oxygen atoms in total. The van der Waals surface area contributed by atoms with E-state index >= 15 is 0 Å². The van der Waals surface area contributed by atoms with Gasteiger partial charge in [-0.15, -0.1) is 0 Å². The number of hydrogen-bond acceptors (Lipinski definition) is 2. The quantitative estimate of drug-likeness (QED) is 0.0901. The van der Waals surface area contributed by atoms with Gasteiger partial charge in [-0.05, 0) is 25.7 Å². The molecule has 0 saturated carbocycles. The number of rotatable bonds is 22. The molecular formula is C27H44F10N2O2. The summed E-state index contributed by atoms with van der Waals surface area (Å²) in [5, 5.41) is 0. The third-order valence-electron chi connectivity index (χ3n) is 6.82. The van der Waals surface area contributed by atoms with Crippen LogP contribution in [0, 0.1) is 0 Å². The number of carbonyl (C=O) groups excluding carboxylic acids is 2. The molecule has 0 spiro atoms. The van der Waals surface area contributed by atoms with Crippen LogP contribution in [0.1, 0.15) is 105 Å². The Labute approximate surface area is 236 Å². The van der Waals surface area contributed by atoms with Crippen molar-refractivity contribution in [3.63, 3.8) is 0 Å². The van der Waals surface area contributed by atoms with Crippen molar-refractivity contribution in [2.75, 3.05) is 26.2 Å². The first-order valence-electron chi connectivity index (χ1n) is 14.3. The van der Waals surface area contributed by atoms with Crippen molar-refractivity contribution in [3.05, 3.63) is 0 Å². The molecule has 0 unspecified atom stereocenters. The van der Waals surface area contributed by atoms with Crippen molar-refractivity contribution in [1.82, 2.24) is 9.80 Å². The lowest BCUT2D eigenvalue weighted by atomic mass is 9.92. The van der Waals surface area contributed by atoms with Crippen molar-refractivity contribution < 1.29 is 53.5 Å². The molecule has 0 aliphatic rings. The van der Waals surface area contributed by atoms with E-state index < -0.39 is 67.6 Å². The Kier molecular flexibility index (Phi) is 16.0. The smallest absolute Gasteiger partial charge is 0.337 e. The highest BCUT2D eigenvalue weighted by Crippen LogP contribution is 2.57. The molecule has 0 aromatic carbocycles. The van der Waals surface area contributed by atoms with Gasteiger partial charge in [-0.2, -0.15) is 43.9 Å². The van der Waals surface area contributed by atoms with E-state index in [2.05, 4.69) is 0 Å². The lowest BCUT2D eigenvalue weighted by Gasteiger charge is -2.40. The molecule has 0 aliphatic heterocycles. The molecule has 2 amide bonds. The molecule has 41 heavy (non-hydrogen) atoms. The van der Waals surface area contributed by atoms with Crippen LogP contribution >= 0.6 is 0 Å². The van der Waals surface area contributed by atoms with Crippen LogP contribution in [0.4, 0.5) is 43.9 Å². The van der Waals surface area contributed by atoms with E-state index in [1.165, 1.54) is 0 Å². The molecule has 0 saturated heterocycles. The second-order valence-electron chi connectivity index (χ2n) is 10.3. The van der Waals surface area contributed by atoms with Gasteiger partial charge in [0.1, 0.15) is 0 Å². The number of amides is 2. The van der Waals surface area contributed by atoms with E-state index in [0.29, 0.717) is 51.4 Å². The van der Waals surface area contributed by atoms with Gasteiger partial charge in [0.2, 0.25) is 0 Å². The fourth-order valence-electron chi connectivity index (χ4n) is 4.10. The Bertz CT molecular complexity index is 712. The van der Waals surface area contributed by atoms with Crippen molar-refractivity contribution in [2.24, 2.45) is 0 Å². The number of unbranched alkanes of at least 4 members (excludes halogenated alkanes) is 8. The monoisotopic (exact) mass is 618 g/mol. The van der Waals surface area contributed by atoms with E-state index in [0.717, 1.165) is 0 Å². The van der Waals surface area contributed by atoms with Crippen molar-refractivity contribution in [1.29, 1.82) is 0 Å². The van der Waals surface area contributed by atoms with Crippen LogP contribution in [0.3, 0.4) is 0 Å². The predicted molar refractivity (Wildman–Crippen MR) is 136 cm³/mol. The lowest BCUT2D eigenvalue weighted by Crippen LogP contribution is -2.72. The van der Waals surface area contributed by atoms with Crippen LogP contribution < -0.4 is 0 Å². The first-order chi connectivity index (χ1) is 18.9. The van der Waals surface area contributed by atoms with Gasteiger partial charge in [0.15, 0.2) is 0 Å². The number of alkyl halides is 10. The van der Waals surface area contributed by atoms with Crippen LogP contribution in [0.25, 0.3) is 0 Å². The molecule has 0 heterocycles. The maximum absolute atomic E-state index is 14.8. The van der Waals surface area contributed by atoms with Crippen LogP contribution in [0.5, 0.6) is 0 Å². The zero-order valence-corrected chi connectivity index (χ0v) is 24.3. The maximum Gasteiger partial charge on any atom is 0.392 e. The molecule has 0 N–H and O–H groups in total. The third kappa shape index (κ3) is 9.11. The Morgan fingerprint density at radius 2 is 0.634 bits per heavy atom. The summed E-state index contributed by atoms with van der Waals surface area (Å²) in [6.45, 7) is 4.59. The molecule has 14 heteroatoms. The second kappa shape index (κ2) is 16.8. The van der Waals surface area contributed by atoms with Gasteiger partial charge in [0, 0.05) is 26.2 Å². The Hall–Kier alpha value is -1.76. The van der Waals surface area contributed by atoms with Crippen molar-refractivity contribution >= 4 is 11.8 Å². The average Bonchev–Trinajstić information content (AvgIpc) is 2.90. The Balaban J connectivity index is 6.37. The molecule has 0 radical (unpaired) electrons. The number of hydrogen-bond donors (Lipinski definition) is 0. The fourth-order valence-corrected chi connectivity index (χ4v) is 4.10. The summed E-state index contributed by atoms with van der Waals surface area (Å²) in [7, 11) is 0. The van der Waals surface area contributed by atoms with Crippen molar-refractivity contribution in [2.45, 2.75) is 134 Å². The van der Waals surface area contributed by atoms with Crippen molar-refractivity contribution in [3.8, 4) is 0 Å². The van der Waals surface area contributed by atoms with Crippen LogP contribution in [-0.2, 0) is 9.59 Å². The molecule has 0 aromatic heterocycles. The number of nitrogens with zero attached hydrogens (tertiary/aromatic N) is 2. The molecule has 0 aromatic rings. The van der Waals surface area contributed by atoms with Gasteiger partial charge >= 0.3 is 29.6 Å². The topological polar surface area (TPSA) is 40.6 Å². The molecule has 0 rings (SSSR count). The summed E-state index contributed by atoms with van der Waals surface area (Å²) in [4.78, 5) is 25.2. The van der Waals surface area contributed by atoms with Gasteiger partial charge in [-0.1, -0.05) is 79.1 Å². The minimum absolute atomic E-state index is 0.0288. The average molecular weight is 619 g/mol. The summed E-state index contributed by atoms with van der Waals surface area (Å²) in [6.07, 6.45) is 3.62. The summed E-state index contributed by atoms with van der Waals surface area (Å²) >= 11 is 0. The first-order valence-corrected chi connectivity index (χ1v) is 14.3. The molecule has 0 atom stereocenters. The van der Waals surface area contributed by atoms with Crippen LogP contribution in [0.15, 0.2) is 0 Å². The van der Waals surface area contributed by atoms with Gasteiger partial charge in [-0.3, -0.25) is 9.59 Å². The highest BCUT2D eigenvalue weighted by molar-refractivity contribution is 5.86. The Morgan fingerprint density at radius 3 is 0.829 bits per heavy atom. The van der Waals surface area contributed by atoms with Gasteiger partial charge in [0.05, 0.1) is 0 Å². The second-order valence-corrected chi connectivity index (χ2v) is 10.3. The van der Waals surface area contributed by atoms with Gasteiger partial charge < -0.3 is 9.80 Å². The zero-order valence-electron chi connectivity index (χ0n) is 24.3. The van der Waals surface area contributed by atoms with Crippen LogP contribution in [-0.4, -0.2) is 77.4 Å². The normalized spacial score (nSPS) is 13.4. The minimum Gasteiger partial charge on any atom is -0.337 e. The molecule has 244 valence electrons. The third-order valence-corrected chi connectivity index (χ3v) is 6.82.